The largest absolute Gasteiger partial charge is 0.395 e. The summed E-state index contributed by atoms with van der Waals surface area (Å²) in [6.45, 7) is 1.94. The van der Waals surface area contributed by atoms with E-state index in [1.54, 1.807) is 12.1 Å². The van der Waals surface area contributed by atoms with Gasteiger partial charge in [-0.15, -0.1) is 11.8 Å². The Balaban J connectivity index is 2.42. The lowest BCUT2D eigenvalue weighted by Gasteiger charge is -2.08. The third kappa shape index (κ3) is 5.21. The van der Waals surface area contributed by atoms with Crippen LogP contribution >= 0.6 is 11.8 Å². The molecular formula is C13H16N2O2S. The maximum absolute atomic E-state index is 11.6. The fourth-order valence-electron chi connectivity index (χ4n) is 1.26. The number of hydrogen-bond donors (Lipinski definition) is 2. The van der Waals surface area contributed by atoms with Gasteiger partial charge in [0.1, 0.15) is 0 Å². The van der Waals surface area contributed by atoms with Gasteiger partial charge in [-0.2, -0.15) is 5.26 Å². The molecule has 0 aliphatic rings. The molecule has 0 bridgehead atoms. The van der Waals surface area contributed by atoms with Gasteiger partial charge in [-0.1, -0.05) is 19.1 Å². The second kappa shape index (κ2) is 7.75. The summed E-state index contributed by atoms with van der Waals surface area (Å²) in [4.78, 5) is 11.6. The zero-order chi connectivity index (χ0) is 13.4. The molecule has 1 rings (SSSR count). The van der Waals surface area contributed by atoms with E-state index in [1.807, 2.05) is 19.1 Å². The van der Waals surface area contributed by atoms with Crippen molar-refractivity contribution < 1.29 is 9.90 Å². The molecule has 0 aliphatic carbocycles. The molecule has 0 spiro atoms. The average molecular weight is 264 g/mol. The maximum Gasteiger partial charge on any atom is 0.234 e. The molecule has 1 aromatic rings. The predicted molar refractivity (Wildman–Crippen MR) is 73.4 cm³/mol. The number of hydrogen-bond acceptors (Lipinski definition) is 4. The van der Waals surface area contributed by atoms with Gasteiger partial charge in [-0.05, 0) is 17.7 Å². The topological polar surface area (TPSA) is 73.1 Å². The number of benzene rings is 1. The van der Waals surface area contributed by atoms with Crippen LogP contribution in [0.1, 0.15) is 12.5 Å². The third-order valence-corrected chi connectivity index (χ3v) is 3.42. The normalized spacial score (nSPS) is 11.6. The molecule has 0 saturated carbocycles. The quantitative estimate of drug-likeness (QED) is 0.821. The highest BCUT2D eigenvalue weighted by Crippen LogP contribution is 2.12. The number of carbonyl (C=O) groups excluding carboxylic acids is 1. The van der Waals surface area contributed by atoms with Crippen LogP contribution in [0.25, 0.3) is 0 Å². The molecule has 2 N–H and O–H groups in total. The van der Waals surface area contributed by atoms with Crippen LogP contribution in [0.15, 0.2) is 24.3 Å². The number of nitriles is 1. The van der Waals surface area contributed by atoms with E-state index in [0.717, 1.165) is 11.3 Å². The number of rotatable bonds is 6. The highest BCUT2D eigenvalue weighted by molar-refractivity contribution is 8.00. The molecule has 0 aliphatic heterocycles. The van der Waals surface area contributed by atoms with Gasteiger partial charge in [0.15, 0.2) is 0 Å². The molecule has 1 amide bonds. The summed E-state index contributed by atoms with van der Waals surface area (Å²) in [5, 5.41) is 20.2. The molecule has 1 atom stereocenters. The molecule has 0 saturated heterocycles. The average Bonchev–Trinajstić information content (AvgIpc) is 2.38. The Labute approximate surface area is 111 Å². The van der Waals surface area contributed by atoms with Gasteiger partial charge in [-0.25, -0.2) is 0 Å². The standard InChI is InChI=1S/C13H16N2O2S/c1-10(8-16)18-9-13(17)15-12-4-2-11(3-5-12)6-7-14/h2-5,10,16H,6,8-9H2,1H3,(H,15,17). The molecule has 0 radical (unpaired) electrons. The number of aliphatic hydroxyl groups is 1. The second-order valence-corrected chi connectivity index (χ2v) is 5.31. The summed E-state index contributed by atoms with van der Waals surface area (Å²) >= 11 is 1.41. The minimum Gasteiger partial charge on any atom is -0.395 e. The van der Waals surface area contributed by atoms with E-state index >= 15 is 0 Å². The van der Waals surface area contributed by atoms with Crippen LogP contribution in [-0.2, 0) is 11.2 Å². The van der Waals surface area contributed by atoms with Gasteiger partial charge in [0.05, 0.1) is 24.8 Å². The monoisotopic (exact) mass is 264 g/mol. The van der Waals surface area contributed by atoms with Gasteiger partial charge < -0.3 is 10.4 Å². The van der Waals surface area contributed by atoms with Crippen molar-refractivity contribution in [2.45, 2.75) is 18.6 Å². The van der Waals surface area contributed by atoms with Crippen molar-refractivity contribution >= 4 is 23.4 Å². The number of amides is 1. The fourth-order valence-corrected chi connectivity index (χ4v) is 1.88. The van der Waals surface area contributed by atoms with Crippen LogP contribution in [0.3, 0.4) is 0 Å². The van der Waals surface area contributed by atoms with Crippen molar-refractivity contribution in [1.82, 2.24) is 0 Å². The Kier molecular flexibility index (Phi) is 6.26. The fraction of sp³-hybridized carbons (Fsp3) is 0.385. The third-order valence-electron chi connectivity index (χ3n) is 2.28. The van der Waals surface area contributed by atoms with Crippen LogP contribution in [0.2, 0.25) is 0 Å². The first-order valence-corrected chi connectivity index (χ1v) is 6.68. The first-order chi connectivity index (χ1) is 8.65. The van der Waals surface area contributed by atoms with E-state index in [9.17, 15) is 4.79 Å². The minimum absolute atomic E-state index is 0.0637. The Morgan fingerprint density at radius 3 is 2.72 bits per heavy atom. The molecule has 5 heteroatoms. The van der Waals surface area contributed by atoms with E-state index in [0.29, 0.717) is 12.2 Å². The molecule has 4 nitrogen and oxygen atoms in total. The lowest BCUT2D eigenvalue weighted by Crippen LogP contribution is -2.16. The first kappa shape index (κ1) is 14.6. The minimum atomic E-state index is -0.0895. The smallest absolute Gasteiger partial charge is 0.234 e. The van der Waals surface area contributed by atoms with Gasteiger partial charge in [0, 0.05) is 10.9 Å². The lowest BCUT2D eigenvalue weighted by molar-refractivity contribution is -0.113. The summed E-state index contributed by atoms with van der Waals surface area (Å²) in [6.07, 6.45) is 0.373. The van der Waals surface area contributed by atoms with Gasteiger partial charge in [-0.3, -0.25) is 4.79 Å². The number of carbonyl (C=O) groups is 1. The van der Waals surface area contributed by atoms with Crippen molar-refractivity contribution in [2.75, 3.05) is 17.7 Å². The number of nitrogens with one attached hydrogen (secondary N) is 1. The van der Waals surface area contributed by atoms with Crippen molar-refractivity contribution in [3.05, 3.63) is 29.8 Å². The van der Waals surface area contributed by atoms with Crippen molar-refractivity contribution in [1.29, 1.82) is 5.26 Å². The molecule has 0 heterocycles. The van der Waals surface area contributed by atoms with Gasteiger partial charge in [0.25, 0.3) is 0 Å². The van der Waals surface area contributed by atoms with E-state index in [-0.39, 0.29) is 17.8 Å². The summed E-state index contributed by atoms with van der Waals surface area (Å²) in [6, 6.07) is 9.28. The maximum atomic E-state index is 11.6. The van der Waals surface area contributed by atoms with Crippen LogP contribution < -0.4 is 5.32 Å². The van der Waals surface area contributed by atoms with E-state index in [2.05, 4.69) is 11.4 Å². The first-order valence-electron chi connectivity index (χ1n) is 5.64. The Hall–Kier alpha value is -1.51. The summed E-state index contributed by atoms with van der Waals surface area (Å²) in [5.74, 6) is 0.232. The number of aliphatic hydroxyl groups excluding tert-OH is 1. The molecule has 0 fully saturated rings. The van der Waals surface area contributed by atoms with Crippen molar-refractivity contribution in [2.24, 2.45) is 0 Å². The highest BCUT2D eigenvalue weighted by atomic mass is 32.2. The molecule has 96 valence electrons. The zero-order valence-corrected chi connectivity index (χ0v) is 11.0. The van der Waals surface area contributed by atoms with Gasteiger partial charge >= 0.3 is 0 Å². The number of nitrogens with zero attached hydrogens (tertiary/aromatic N) is 1. The SMILES string of the molecule is CC(CO)SCC(=O)Nc1ccc(CC#N)cc1. The second-order valence-electron chi connectivity index (χ2n) is 3.88. The molecule has 18 heavy (non-hydrogen) atoms. The van der Waals surface area contributed by atoms with Crippen LogP contribution in [0, 0.1) is 11.3 Å². The van der Waals surface area contributed by atoms with Crippen molar-refractivity contribution in [3.63, 3.8) is 0 Å². The Bertz CT molecular complexity index is 426. The number of anilines is 1. The highest BCUT2D eigenvalue weighted by Gasteiger charge is 2.06. The van der Waals surface area contributed by atoms with Gasteiger partial charge in [0.2, 0.25) is 5.91 Å². The Morgan fingerprint density at radius 2 is 2.17 bits per heavy atom. The molecule has 0 aromatic heterocycles. The van der Waals surface area contributed by atoms with Crippen LogP contribution in [0.5, 0.6) is 0 Å². The van der Waals surface area contributed by atoms with E-state index in [4.69, 9.17) is 10.4 Å². The zero-order valence-electron chi connectivity index (χ0n) is 10.2. The van der Waals surface area contributed by atoms with Crippen molar-refractivity contribution in [3.8, 4) is 6.07 Å². The predicted octanol–water partition coefficient (Wildman–Crippen LogP) is 1.81. The Morgan fingerprint density at radius 1 is 1.50 bits per heavy atom. The van der Waals surface area contributed by atoms with E-state index in [1.165, 1.54) is 11.8 Å². The number of thioether (sulfide) groups is 1. The molecule has 1 unspecified atom stereocenters. The summed E-state index contributed by atoms with van der Waals surface area (Å²) < 4.78 is 0. The van der Waals surface area contributed by atoms with Crippen LogP contribution in [-0.4, -0.2) is 28.6 Å². The molecule has 1 aromatic carbocycles. The summed E-state index contributed by atoms with van der Waals surface area (Å²) in [5.41, 5.74) is 1.65. The summed E-state index contributed by atoms with van der Waals surface area (Å²) in [7, 11) is 0. The molecular weight excluding hydrogens is 248 g/mol. The van der Waals surface area contributed by atoms with E-state index < -0.39 is 0 Å². The van der Waals surface area contributed by atoms with Crippen LogP contribution in [0.4, 0.5) is 5.69 Å². The lowest BCUT2D eigenvalue weighted by atomic mass is 10.1.